The monoisotopic (exact) mass is 403 g/mol. The number of nitro groups is 1. The molecular formula is C19H18ClN3O5. The van der Waals surface area contributed by atoms with Gasteiger partial charge >= 0.3 is 0 Å². The van der Waals surface area contributed by atoms with Crippen LogP contribution in [0.15, 0.2) is 42.5 Å². The standard InChI is InChI=1S/C19H18ClN3O5/c1-12-9-16(10-13(2)19(12)20)28-11-18(25)22-21-17(24)8-5-14-3-6-15(7-4-14)23(26)27/h3-10H,11H2,1-2H3,(H,21,24)(H,22,25)/b8-5+. The number of hydrogen-bond acceptors (Lipinski definition) is 5. The first kappa shape index (κ1) is 20.9. The Kier molecular flexibility index (Phi) is 7.11. The van der Waals surface area contributed by atoms with E-state index in [4.69, 9.17) is 16.3 Å². The third-order valence-electron chi connectivity index (χ3n) is 3.64. The number of carbonyl (C=O) groups is 2. The number of non-ortho nitro benzene ring substituents is 1. The molecule has 2 rings (SSSR count). The smallest absolute Gasteiger partial charge is 0.276 e. The zero-order valence-corrected chi connectivity index (χ0v) is 15.9. The molecule has 2 N–H and O–H groups in total. The maximum atomic E-state index is 11.8. The van der Waals surface area contributed by atoms with Crippen molar-refractivity contribution in [1.29, 1.82) is 0 Å². The van der Waals surface area contributed by atoms with Gasteiger partial charge in [0.05, 0.1) is 4.92 Å². The summed E-state index contributed by atoms with van der Waals surface area (Å²) in [6.07, 6.45) is 2.65. The van der Waals surface area contributed by atoms with Crippen molar-refractivity contribution in [2.24, 2.45) is 0 Å². The number of hydrogen-bond donors (Lipinski definition) is 2. The Morgan fingerprint density at radius 1 is 1.14 bits per heavy atom. The minimum atomic E-state index is -0.565. The first-order valence-corrected chi connectivity index (χ1v) is 8.55. The molecule has 0 atom stereocenters. The highest BCUT2D eigenvalue weighted by Gasteiger charge is 2.07. The summed E-state index contributed by atoms with van der Waals surface area (Å²) in [5.41, 5.74) is 6.67. The zero-order chi connectivity index (χ0) is 20.7. The van der Waals surface area contributed by atoms with Crippen LogP contribution < -0.4 is 15.6 Å². The second-order valence-electron chi connectivity index (χ2n) is 5.88. The molecule has 0 saturated carbocycles. The number of nitro benzene ring substituents is 1. The van der Waals surface area contributed by atoms with Crippen molar-refractivity contribution in [2.75, 3.05) is 6.61 Å². The Bertz CT molecular complexity index is 903. The van der Waals surface area contributed by atoms with Crippen molar-refractivity contribution >= 4 is 35.2 Å². The molecule has 0 fully saturated rings. The van der Waals surface area contributed by atoms with Gasteiger partial charge in [-0.15, -0.1) is 0 Å². The van der Waals surface area contributed by atoms with Gasteiger partial charge in [-0.1, -0.05) is 11.6 Å². The minimum Gasteiger partial charge on any atom is -0.484 e. The van der Waals surface area contributed by atoms with Crippen LogP contribution in [0.1, 0.15) is 16.7 Å². The van der Waals surface area contributed by atoms with Gasteiger partial charge in [-0.3, -0.25) is 30.6 Å². The SMILES string of the molecule is Cc1cc(OCC(=O)NNC(=O)/C=C/c2ccc([N+](=O)[O-])cc2)cc(C)c1Cl. The highest BCUT2D eigenvalue weighted by molar-refractivity contribution is 6.32. The molecular weight excluding hydrogens is 386 g/mol. The largest absolute Gasteiger partial charge is 0.484 e. The number of carbonyl (C=O) groups excluding carboxylic acids is 2. The first-order valence-electron chi connectivity index (χ1n) is 8.17. The summed E-state index contributed by atoms with van der Waals surface area (Å²) < 4.78 is 5.38. The van der Waals surface area contributed by atoms with Gasteiger partial charge in [0.25, 0.3) is 17.5 Å². The van der Waals surface area contributed by atoms with Gasteiger partial charge in [0.2, 0.25) is 0 Å². The quantitative estimate of drug-likeness (QED) is 0.437. The topological polar surface area (TPSA) is 111 Å². The van der Waals surface area contributed by atoms with E-state index in [2.05, 4.69) is 10.9 Å². The van der Waals surface area contributed by atoms with Crippen molar-refractivity contribution < 1.29 is 19.2 Å². The average Bonchev–Trinajstić information content (AvgIpc) is 2.67. The third-order valence-corrected chi connectivity index (χ3v) is 4.23. The molecule has 2 amide bonds. The van der Waals surface area contributed by atoms with E-state index in [1.54, 1.807) is 12.1 Å². The molecule has 0 bridgehead atoms. The highest BCUT2D eigenvalue weighted by atomic mass is 35.5. The molecule has 0 aliphatic heterocycles. The second kappa shape index (κ2) is 9.52. The second-order valence-corrected chi connectivity index (χ2v) is 6.26. The van der Waals surface area contributed by atoms with Gasteiger partial charge in [0, 0.05) is 23.2 Å². The number of amides is 2. The van der Waals surface area contributed by atoms with Crippen LogP contribution in [0.25, 0.3) is 6.08 Å². The summed E-state index contributed by atoms with van der Waals surface area (Å²) >= 11 is 6.07. The molecule has 0 radical (unpaired) electrons. The number of ether oxygens (including phenoxy) is 1. The lowest BCUT2D eigenvalue weighted by Gasteiger charge is -2.10. The van der Waals surface area contributed by atoms with Crippen molar-refractivity contribution in [1.82, 2.24) is 10.9 Å². The summed E-state index contributed by atoms with van der Waals surface area (Å²) in [5.74, 6) is -0.605. The Balaban J connectivity index is 1.79. The van der Waals surface area contributed by atoms with Crippen LogP contribution in [-0.2, 0) is 9.59 Å². The highest BCUT2D eigenvalue weighted by Crippen LogP contribution is 2.25. The van der Waals surface area contributed by atoms with Crippen LogP contribution in [0.2, 0.25) is 5.02 Å². The predicted molar refractivity (Wildman–Crippen MR) is 105 cm³/mol. The van der Waals surface area contributed by atoms with Crippen molar-refractivity contribution in [2.45, 2.75) is 13.8 Å². The summed E-state index contributed by atoms with van der Waals surface area (Å²) in [5, 5.41) is 11.2. The third kappa shape index (κ3) is 6.10. The number of halogens is 1. The van der Waals surface area contributed by atoms with E-state index in [9.17, 15) is 19.7 Å². The van der Waals surface area contributed by atoms with E-state index in [1.807, 2.05) is 13.8 Å². The van der Waals surface area contributed by atoms with Crippen LogP contribution >= 0.6 is 11.6 Å². The first-order chi connectivity index (χ1) is 13.3. The molecule has 2 aromatic carbocycles. The summed E-state index contributed by atoms with van der Waals surface area (Å²) in [6, 6.07) is 9.10. The molecule has 28 heavy (non-hydrogen) atoms. The fraction of sp³-hybridized carbons (Fsp3) is 0.158. The molecule has 146 valence electrons. The van der Waals surface area contributed by atoms with Crippen molar-refractivity contribution in [3.8, 4) is 5.75 Å². The fourth-order valence-corrected chi connectivity index (χ4v) is 2.34. The molecule has 0 heterocycles. The molecule has 0 aromatic heterocycles. The summed E-state index contributed by atoms with van der Waals surface area (Å²) in [6.45, 7) is 3.38. The van der Waals surface area contributed by atoms with E-state index in [0.717, 1.165) is 11.1 Å². The van der Waals surface area contributed by atoms with Gasteiger partial charge in [0.15, 0.2) is 6.61 Å². The Morgan fingerprint density at radius 3 is 2.32 bits per heavy atom. The molecule has 0 saturated heterocycles. The van der Waals surface area contributed by atoms with E-state index in [1.165, 1.54) is 36.4 Å². The van der Waals surface area contributed by atoms with Crippen LogP contribution in [0.5, 0.6) is 5.75 Å². The van der Waals surface area contributed by atoms with Gasteiger partial charge < -0.3 is 4.74 Å². The average molecular weight is 404 g/mol. The number of nitrogens with one attached hydrogen (secondary N) is 2. The summed E-state index contributed by atoms with van der Waals surface area (Å²) in [4.78, 5) is 33.6. The fourth-order valence-electron chi connectivity index (χ4n) is 2.23. The van der Waals surface area contributed by atoms with Crippen molar-refractivity contribution in [3.05, 3.63) is 74.3 Å². The zero-order valence-electron chi connectivity index (χ0n) is 15.2. The Labute approximate surface area is 166 Å². The van der Waals surface area contributed by atoms with Gasteiger partial charge in [-0.25, -0.2) is 0 Å². The van der Waals surface area contributed by atoms with E-state index in [0.29, 0.717) is 16.3 Å². The number of benzene rings is 2. The van der Waals surface area contributed by atoms with Crippen LogP contribution in [0.4, 0.5) is 5.69 Å². The number of rotatable bonds is 6. The molecule has 0 spiro atoms. The lowest BCUT2D eigenvalue weighted by Crippen LogP contribution is -2.43. The molecule has 9 heteroatoms. The predicted octanol–water partition coefficient (Wildman–Crippen LogP) is 3.10. The minimum absolute atomic E-state index is 0.0417. The molecule has 0 aliphatic rings. The molecule has 0 unspecified atom stereocenters. The van der Waals surface area contributed by atoms with Gasteiger partial charge in [-0.05, 0) is 60.9 Å². The van der Waals surface area contributed by atoms with E-state index in [-0.39, 0.29) is 12.3 Å². The normalized spacial score (nSPS) is 10.5. The molecule has 0 aliphatic carbocycles. The Morgan fingerprint density at radius 2 is 1.75 bits per heavy atom. The van der Waals surface area contributed by atoms with E-state index < -0.39 is 16.7 Å². The molecule has 8 nitrogen and oxygen atoms in total. The number of aryl methyl sites for hydroxylation is 2. The number of nitrogens with zero attached hydrogens (tertiary/aromatic N) is 1. The maximum absolute atomic E-state index is 11.8. The maximum Gasteiger partial charge on any atom is 0.276 e. The molecule has 2 aromatic rings. The lowest BCUT2D eigenvalue weighted by atomic mass is 10.1. The van der Waals surface area contributed by atoms with Crippen LogP contribution in [0.3, 0.4) is 0 Å². The summed E-state index contributed by atoms with van der Waals surface area (Å²) in [7, 11) is 0. The van der Waals surface area contributed by atoms with Crippen LogP contribution in [0, 0.1) is 24.0 Å². The lowest BCUT2D eigenvalue weighted by molar-refractivity contribution is -0.384. The van der Waals surface area contributed by atoms with Crippen molar-refractivity contribution in [3.63, 3.8) is 0 Å². The van der Waals surface area contributed by atoms with E-state index >= 15 is 0 Å². The van der Waals surface area contributed by atoms with Gasteiger partial charge in [-0.2, -0.15) is 0 Å². The Hall–Kier alpha value is -3.39. The van der Waals surface area contributed by atoms with Crippen LogP contribution in [-0.4, -0.2) is 23.3 Å². The van der Waals surface area contributed by atoms with Gasteiger partial charge in [0.1, 0.15) is 5.75 Å². The number of hydrazine groups is 1.